The summed E-state index contributed by atoms with van der Waals surface area (Å²) >= 11 is 6.53. The molecule has 1 atom stereocenters. The maximum atomic E-state index is 6.53. The molecule has 1 aliphatic heterocycles. The van der Waals surface area contributed by atoms with Gasteiger partial charge < -0.3 is 16.0 Å². The van der Waals surface area contributed by atoms with E-state index in [-0.39, 0.29) is 6.04 Å². The number of imidazole rings is 1. The zero-order valence-electron chi connectivity index (χ0n) is 15.8. The molecule has 1 aliphatic rings. The third kappa shape index (κ3) is 3.41. The van der Waals surface area contributed by atoms with Crippen LogP contribution >= 0.6 is 11.6 Å². The van der Waals surface area contributed by atoms with Crippen molar-refractivity contribution < 1.29 is 0 Å². The number of hydrogen-bond donors (Lipinski definition) is 3. The van der Waals surface area contributed by atoms with Gasteiger partial charge in [-0.1, -0.05) is 60.1 Å². The van der Waals surface area contributed by atoms with Crippen LogP contribution in [-0.4, -0.2) is 9.97 Å². The second-order valence-electron chi connectivity index (χ2n) is 7.37. The number of halogens is 1. The summed E-state index contributed by atoms with van der Waals surface area (Å²) in [5, 5.41) is 4.30. The molecular formula is C24H21ClN4. The van der Waals surface area contributed by atoms with Crippen LogP contribution in [0.3, 0.4) is 0 Å². The Hall–Kier alpha value is -3.08. The topological polar surface area (TPSA) is 66.7 Å². The minimum absolute atomic E-state index is 0.187. The lowest BCUT2D eigenvalue weighted by molar-refractivity contribution is 0.500. The fourth-order valence-electron chi connectivity index (χ4n) is 3.98. The molecular weight excluding hydrogens is 380 g/mol. The maximum absolute atomic E-state index is 6.53. The molecule has 0 saturated carbocycles. The monoisotopic (exact) mass is 400 g/mol. The summed E-state index contributed by atoms with van der Waals surface area (Å²) < 4.78 is 0. The Labute approximate surface area is 174 Å². The molecule has 4 N–H and O–H groups in total. The Morgan fingerprint density at radius 1 is 1.00 bits per heavy atom. The molecule has 0 fully saturated rings. The van der Waals surface area contributed by atoms with Gasteiger partial charge in [0.05, 0.1) is 16.9 Å². The van der Waals surface area contributed by atoms with E-state index < -0.39 is 0 Å². The molecule has 0 bridgehead atoms. The number of rotatable bonds is 3. The number of fused-ring (bicyclic) bond motifs is 1. The first-order valence-electron chi connectivity index (χ1n) is 9.69. The molecule has 0 aliphatic carbocycles. The molecule has 0 spiro atoms. The van der Waals surface area contributed by atoms with E-state index in [2.05, 4.69) is 45.6 Å². The van der Waals surface area contributed by atoms with Crippen molar-refractivity contribution in [1.82, 2.24) is 15.3 Å². The highest BCUT2D eigenvalue weighted by atomic mass is 35.5. The summed E-state index contributed by atoms with van der Waals surface area (Å²) in [5.74, 6) is 0.770. The van der Waals surface area contributed by atoms with E-state index in [1.807, 2.05) is 42.6 Å². The highest BCUT2D eigenvalue weighted by molar-refractivity contribution is 6.33. The molecule has 29 heavy (non-hydrogen) atoms. The molecule has 5 rings (SSSR count). The summed E-state index contributed by atoms with van der Waals surface area (Å²) in [7, 11) is 0. The zero-order chi connectivity index (χ0) is 19.8. The largest absolute Gasteiger partial charge is 0.398 e. The normalized spacial score (nSPS) is 15.8. The second-order valence-corrected chi connectivity index (χ2v) is 7.78. The zero-order valence-corrected chi connectivity index (χ0v) is 16.6. The number of aromatic amines is 1. The molecule has 3 aromatic carbocycles. The number of nitrogens with one attached hydrogen (secondary N) is 2. The van der Waals surface area contributed by atoms with Crippen molar-refractivity contribution >= 4 is 17.3 Å². The molecule has 4 aromatic rings. The van der Waals surface area contributed by atoms with Crippen molar-refractivity contribution in [2.75, 3.05) is 5.73 Å². The van der Waals surface area contributed by atoms with Gasteiger partial charge in [-0.3, -0.25) is 0 Å². The lowest BCUT2D eigenvalue weighted by Crippen LogP contribution is -2.29. The van der Waals surface area contributed by atoms with E-state index in [9.17, 15) is 0 Å². The van der Waals surface area contributed by atoms with Gasteiger partial charge in [-0.25, -0.2) is 4.98 Å². The van der Waals surface area contributed by atoms with Crippen LogP contribution < -0.4 is 11.1 Å². The van der Waals surface area contributed by atoms with E-state index in [4.69, 9.17) is 17.3 Å². The predicted molar refractivity (Wildman–Crippen MR) is 119 cm³/mol. The number of anilines is 1. The second kappa shape index (κ2) is 7.39. The van der Waals surface area contributed by atoms with Crippen LogP contribution in [0.2, 0.25) is 5.02 Å². The maximum Gasteiger partial charge on any atom is 0.139 e. The fraction of sp³-hybridized carbons (Fsp3) is 0.125. The molecule has 2 heterocycles. The van der Waals surface area contributed by atoms with Crippen molar-refractivity contribution in [1.29, 1.82) is 0 Å². The van der Waals surface area contributed by atoms with Gasteiger partial charge >= 0.3 is 0 Å². The van der Waals surface area contributed by atoms with E-state index in [0.29, 0.717) is 5.02 Å². The Balaban J connectivity index is 1.47. The Kier molecular flexibility index (Phi) is 4.58. The molecule has 0 radical (unpaired) electrons. The molecule has 0 saturated heterocycles. The summed E-state index contributed by atoms with van der Waals surface area (Å²) in [5.41, 5.74) is 13.7. The van der Waals surface area contributed by atoms with E-state index in [1.165, 1.54) is 16.7 Å². The standard InChI is InChI=1S/C24H21ClN4/c25-20-10-9-16(22-12-18-17(13-27-22)7-4-8-21(18)26)11-19(20)24-28-14-23(29-24)15-5-2-1-3-6-15/h1-11,14,22,27H,12-13,26H2,(H,28,29). The van der Waals surface area contributed by atoms with Crippen LogP contribution in [0.25, 0.3) is 22.6 Å². The number of nitrogen functional groups attached to an aromatic ring is 1. The number of nitrogens with zero attached hydrogens (tertiary/aromatic N) is 1. The Morgan fingerprint density at radius 2 is 1.86 bits per heavy atom. The summed E-state index contributed by atoms with van der Waals surface area (Å²) in [6.45, 7) is 0.807. The van der Waals surface area contributed by atoms with Crippen molar-refractivity contribution in [3.8, 4) is 22.6 Å². The third-order valence-corrected chi connectivity index (χ3v) is 5.89. The molecule has 5 heteroatoms. The quantitative estimate of drug-likeness (QED) is 0.405. The van der Waals surface area contributed by atoms with E-state index in [0.717, 1.165) is 41.3 Å². The van der Waals surface area contributed by atoms with Gasteiger partial charge in [-0.05, 0) is 46.9 Å². The van der Waals surface area contributed by atoms with Crippen molar-refractivity contribution in [3.05, 3.63) is 94.6 Å². The minimum Gasteiger partial charge on any atom is -0.398 e. The van der Waals surface area contributed by atoms with Gasteiger partial charge in [-0.2, -0.15) is 0 Å². The number of H-pyrrole nitrogens is 1. The molecule has 0 amide bonds. The lowest BCUT2D eigenvalue weighted by atomic mass is 9.90. The Bertz CT molecular complexity index is 1170. The SMILES string of the molecule is Nc1cccc2c1CC(c1ccc(Cl)c(-c3ncc(-c4ccccc4)[nH]3)c1)NC2. The number of aromatic nitrogens is 2. The molecule has 4 nitrogen and oxygen atoms in total. The minimum atomic E-state index is 0.187. The van der Waals surface area contributed by atoms with Gasteiger partial charge in [-0.15, -0.1) is 0 Å². The lowest BCUT2D eigenvalue weighted by Gasteiger charge is -2.28. The first-order chi connectivity index (χ1) is 14.2. The fourth-order valence-corrected chi connectivity index (χ4v) is 4.18. The number of nitrogens with two attached hydrogens (primary N) is 1. The number of benzene rings is 3. The van der Waals surface area contributed by atoms with Gasteiger partial charge in [0.2, 0.25) is 0 Å². The Morgan fingerprint density at radius 3 is 2.72 bits per heavy atom. The van der Waals surface area contributed by atoms with Crippen LogP contribution in [0.15, 0.2) is 72.9 Å². The summed E-state index contributed by atoms with van der Waals surface area (Å²) in [6.07, 6.45) is 2.71. The van der Waals surface area contributed by atoms with Gasteiger partial charge in [0.15, 0.2) is 0 Å². The van der Waals surface area contributed by atoms with Crippen LogP contribution in [0.5, 0.6) is 0 Å². The average Bonchev–Trinajstić information content (AvgIpc) is 3.25. The van der Waals surface area contributed by atoms with Crippen LogP contribution in [0, 0.1) is 0 Å². The van der Waals surface area contributed by atoms with Gasteiger partial charge in [0.1, 0.15) is 5.82 Å². The number of hydrogen-bond acceptors (Lipinski definition) is 3. The van der Waals surface area contributed by atoms with Crippen molar-refractivity contribution in [3.63, 3.8) is 0 Å². The van der Waals surface area contributed by atoms with E-state index in [1.54, 1.807) is 0 Å². The van der Waals surface area contributed by atoms with Crippen LogP contribution in [-0.2, 0) is 13.0 Å². The average molecular weight is 401 g/mol. The molecule has 1 aromatic heterocycles. The van der Waals surface area contributed by atoms with E-state index >= 15 is 0 Å². The highest BCUT2D eigenvalue weighted by Gasteiger charge is 2.22. The highest BCUT2D eigenvalue weighted by Crippen LogP contribution is 2.34. The van der Waals surface area contributed by atoms with Gasteiger partial charge in [0, 0.05) is 23.8 Å². The van der Waals surface area contributed by atoms with Gasteiger partial charge in [0.25, 0.3) is 0 Å². The predicted octanol–water partition coefficient (Wildman–Crippen LogP) is 5.37. The molecule has 144 valence electrons. The first-order valence-corrected chi connectivity index (χ1v) is 10.1. The van der Waals surface area contributed by atoms with Crippen LogP contribution in [0.4, 0.5) is 5.69 Å². The molecule has 1 unspecified atom stereocenters. The summed E-state index contributed by atoms with van der Waals surface area (Å²) in [4.78, 5) is 7.99. The first kappa shape index (κ1) is 18.0. The van der Waals surface area contributed by atoms with Crippen molar-refractivity contribution in [2.24, 2.45) is 0 Å². The van der Waals surface area contributed by atoms with Crippen molar-refractivity contribution in [2.45, 2.75) is 19.0 Å². The third-order valence-electron chi connectivity index (χ3n) is 5.56. The van der Waals surface area contributed by atoms with Crippen LogP contribution in [0.1, 0.15) is 22.7 Å². The summed E-state index contributed by atoms with van der Waals surface area (Å²) in [6, 6.07) is 22.6. The smallest absolute Gasteiger partial charge is 0.139 e.